The number of para-hydroxylation sites is 1. The number of carbonyl (C=O) groups is 1. The van der Waals surface area contributed by atoms with E-state index in [0.717, 1.165) is 14.4 Å². The van der Waals surface area contributed by atoms with Crippen LogP contribution in [-0.2, 0) is 10.5 Å². The maximum Gasteiger partial charge on any atom is 0.250 e. The molecule has 7 nitrogen and oxygen atoms in total. The van der Waals surface area contributed by atoms with Crippen LogP contribution in [0.2, 0.25) is 0 Å². The molecule has 0 bridgehead atoms. The summed E-state index contributed by atoms with van der Waals surface area (Å²) in [6.45, 7) is 0. The second-order valence-electron chi connectivity index (χ2n) is 5.59. The lowest BCUT2D eigenvalue weighted by Gasteiger charge is -2.04. The number of ether oxygens (including phenoxy) is 1. The number of phenolic OH excluding ortho intramolecular Hbond substituents is 1. The average Bonchev–Trinajstić information content (AvgIpc) is 3.21. The van der Waals surface area contributed by atoms with Gasteiger partial charge in [0.2, 0.25) is 0 Å². The van der Waals surface area contributed by atoms with E-state index < -0.39 is 0 Å². The summed E-state index contributed by atoms with van der Waals surface area (Å²) >= 11 is 4.38. The number of methoxy groups -OCH3 is 1. The van der Waals surface area contributed by atoms with Crippen molar-refractivity contribution in [2.75, 3.05) is 12.9 Å². The number of amides is 1. The number of aromatic hydroxyl groups is 1. The highest BCUT2D eigenvalue weighted by molar-refractivity contribution is 8.03. The first-order valence-electron chi connectivity index (χ1n) is 8.46. The van der Waals surface area contributed by atoms with E-state index in [1.807, 2.05) is 18.2 Å². The predicted octanol–water partition coefficient (Wildman–Crippen LogP) is 3.79. The Bertz CT molecular complexity index is 980. The number of thioether (sulfide) groups is 2. The van der Waals surface area contributed by atoms with Gasteiger partial charge in [-0.25, -0.2) is 5.43 Å². The van der Waals surface area contributed by atoms with Crippen LogP contribution in [0.25, 0.3) is 0 Å². The molecule has 2 N–H and O–H groups in total. The molecule has 0 radical (unpaired) electrons. The smallest absolute Gasteiger partial charge is 0.250 e. The molecule has 0 aliphatic rings. The molecule has 3 aromatic rings. The van der Waals surface area contributed by atoms with Gasteiger partial charge in [0.1, 0.15) is 0 Å². The summed E-state index contributed by atoms with van der Waals surface area (Å²) in [5.74, 6) is 1.03. The minimum absolute atomic E-state index is 0.0308. The molecule has 1 amide bonds. The van der Waals surface area contributed by atoms with Gasteiger partial charge in [0, 0.05) is 11.3 Å². The topological polar surface area (TPSA) is 96.7 Å². The van der Waals surface area contributed by atoms with Gasteiger partial charge in [-0.05, 0) is 17.7 Å². The maximum absolute atomic E-state index is 12.0. The summed E-state index contributed by atoms with van der Waals surface area (Å²) in [6.07, 6.45) is 1.36. The predicted molar refractivity (Wildman–Crippen MR) is 117 cm³/mol. The zero-order valence-corrected chi connectivity index (χ0v) is 17.9. The number of benzene rings is 2. The van der Waals surface area contributed by atoms with E-state index in [2.05, 4.69) is 32.9 Å². The Morgan fingerprint density at radius 2 is 1.93 bits per heavy atom. The summed E-state index contributed by atoms with van der Waals surface area (Å²) < 4.78 is 6.62. The molecule has 3 rings (SSSR count). The SMILES string of the molecule is COc1cccc(/C=N\NC(=O)CSc2nnc(SCc3ccccc3)s2)c1O. The van der Waals surface area contributed by atoms with Crippen LogP contribution in [0.3, 0.4) is 0 Å². The molecule has 150 valence electrons. The molecule has 0 spiro atoms. The van der Waals surface area contributed by atoms with E-state index in [4.69, 9.17) is 4.74 Å². The molecule has 1 heterocycles. The van der Waals surface area contributed by atoms with Crippen molar-refractivity contribution in [1.82, 2.24) is 15.6 Å². The number of phenols is 1. The van der Waals surface area contributed by atoms with E-state index in [-0.39, 0.29) is 17.4 Å². The van der Waals surface area contributed by atoms with Crippen molar-refractivity contribution in [3.8, 4) is 11.5 Å². The molecule has 0 aliphatic carbocycles. The molecule has 0 atom stereocenters. The third kappa shape index (κ3) is 6.48. The van der Waals surface area contributed by atoms with Crippen molar-refractivity contribution < 1.29 is 14.6 Å². The third-order valence-electron chi connectivity index (χ3n) is 3.56. The lowest BCUT2D eigenvalue weighted by atomic mass is 10.2. The van der Waals surface area contributed by atoms with Gasteiger partial charge in [0.15, 0.2) is 20.2 Å². The summed E-state index contributed by atoms with van der Waals surface area (Å²) in [4.78, 5) is 12.0. The van der Waals surface area contributed by atoms with Crippen LogP contribution in [0.15, 0.2) is 62.3 Å². The highest BCUT2D eigenvalue weighted by Gasteiger charge is 2.09. The first-order valence-corrected chi connectivity index (χ1v) is 11.3. The Morgan fingerprint density at radius 1 is 1.17 bits per heavy atom. The van der Waals surface area contributed by atoms with E-state index in [1.54, 1.807) is 30.0 Å². The zero-order valence-electron chi connectivity index (χ0n) is 15.4. The molecule has 10 heteroatoms. The summed E-state index contributed by atoms with van der Waals surface area (Å²) in [5.41, 5.74) is 4.10. The van der Waals surface area contributed by atoms with Gasteiger partial charge >= 0.3 is 0 Å². The fourth-order valence-corrected chi connectivity index (χ4v) is 4.94. The second-order valence-corrected chi connectivity index (χ2v) is 9.01. The van der Waals surface area contributed by atoms with Crippen molar-refractivity contribution in [1.29, 1.82) is 0 Å². The van der Waals surface area contributed by atoms with Gasteiger partial charge in [-0.1, -0.05) is 71.3 Å². The third-order valence-corrected chi connectivity index (χ3v) is 6.82. The van der Waals surface area contributed by atoms with Gasteiger partial charge in [0.05, 0.1) is 19.1 Å². The molecule has 0 fully saturated rings. The number of carbonyl (C=O) groups excluding carboxylic acids is 1. The quantitative estimate of drug-likeness (QED) is 0.293. The maximum atomic E-state index is 12.0. The number of rotatable bonds is 9. The van der Waals surface area contributed by atoms with Gasteiger partial charge in [-0.15, -0.1) is 10.2 Å². The molecule has 29 heavy (non-hydrogen) atoms. The van der Waals surface area contributed by atoms with Gasteiger partial charge in [-0.3, -0.25) is 4.79 Å². The normalized spacial score (nSPS) is 10.9. The first kappa shape index (κ1) is 21.2. The fourth-order valence-electron chi connectivity index (χ4n) is 2.17. The minimum atomic E-state index is -0.276. The second kappa shape index (κ2) is 10.8. The van der Waals surface area contributed by atoms with Crippen molar-refractivity contribution in [2.24, 2.45) is 5.10 Å². The first-order chi connectivity index (χ1) is 14.2. The van der Waals surface area contributed by atoms with Crippen LogP contribution < -0.4 is 10.2 Å². The zero-order chi connectivity index (χ0) is 20.5. The lowest BCUT2D eigenvalue weighted by Crippen LogP contribution is -2.19. The number of hydrogen-bond acceptors (Lipinski definition) is 9. The number of nitrogens with zero attached hydrogens (tertiary/aromatic N) is 3. The van der Waals surface area contributed by atoms with Crippen LogP contribution in [0.4, 0.5) is 0 Å². The Labute approximate surface area is 180 Å². The van der Waals surface area contributed by atoms with Gasteiger partial charge in [-0.2, -0.15) is 5.10 Å². The fraction of sp³-hybridized carbons (Fsp3) is 0.158. The summed E-state index contributed by atoms with van der Waals surface area (Å²) in [5, 5.41) is 22.1. The summed E-state index contributed by atoms with van der Waals surface area (Å²) in [7, 11) is 1.47. The van der Waals surface area contributed by atoms with Crippen LogP contribution in [-0.4, -0.2) is 40.3 Å². The van der Waals surface area contributed by atoms with Gasteiger partial charge in [0.25, 0.3) is 5.91 Å². The Kier molecular flexibility index (Phi) is 7.91. The Balaban J connectivity index is 1.43. The standard InChI is InChI=1S/C19H18N4O3S3/c1-26-15-9-5-8-14(17(15)25)10-20-21-16(24)12-28-19-23-22-18(29-19)27-11-13-6-3-2-4-7-13/h2-10,25H,11-12H2,1H3,(H,21,24)/b20-10-. The molecular weight excluding hydrogens is 428 g/mol. The van der Waals surface area contributed by atoms with Crippen molar-refractivity contribution in [2.45, 2.75) is 14.4 Å². The molecule has 0 saturated heterocycles. The Hall–Kier alpha value is -2.56. The van der Waals surface area contributed by atoms with Crippen LogP contribution in [0.5, 0.6) is 11.5 Å². The molecule has 0 unspecified atom stereocenters. The molecule has 2 aromatic carbocycles. The van der Waals surface area contributed by atoms with E-state index >= 15 is 0 Å². The monoisotopic (exact) mass is 446 g/mol. The van der Waals surface area contributed by atoms with Crippen LogP contribution in [0, 0.1) is 0 Å². The molecular formula is C19H18N4O3S3. The summed E-state index contributed by atoms with van der Waals surface area (Å²) in [6, 6.07) is 15.2. The van der Waals surface area contributed by atoms with E-state index in [1.165, 1.54) is 42.0 Å². The molecule has 1 aromatic heterocycles. The van der Waals surface area contributed by atoms with Crippen molar-refractivity contribution in [3.05, 3.63) is 59.7 Å². The molecule has 0 aliphatic heterocycles. The Morgan fingerprint density at radius 3 is 2.69 bits per heavy atom. The van der Waals surface area contributed by atoms with Crippen LogP contribution >= 0.6 is 34.9 Å². The lowest BCUT2D eigenvalue weighted by molar-refractivity contribution is -0.118. The van der Waals surface area contributed by atoms with Crippen molar-refractivity contribution in [3.63, 3.8) is 0 Å². The molecule has 0 saturated carbocycles. The van der Waals surface area contributed by atoms with Gasteiger partial charge < -0.3 is 9.84 Å². The van der Waals surface area contributed by atoms with Crippen LogP contribution in [0.1, 0.15) is 11.1 Å². The van der Waals surface area contributed by atoms with E-state index in [9.17, 15) is 9.90 Å². The highest BCUT2D eigenvalue weighted by atomic mass is 32.2. The number of hydrazone groups is 1. The number of aromatic nitrogens is 2. The minimum Gasteiger partial charge on any atom is -0.504 e. The largest absolute Gasteiger partial charge is 0.504 e. The average molecular weight is 447 g/mol. The number of hydrogen-bond donors (Lipinski definition) is 2. The highest BCUT2D eigenvalue weighted by Crippen LogP contribution is 2.30. The number of nitrogens with one attached hydrogen (secondary N) is 1. The van der Waals surface area contributed by atoms with Crippen molar-refractivity contribution >= 4 is 47.0 Å². The van der Waals surface area contributed by atoms with E-state index in [0.29, 0.717) is 11.3 Å².